The number of ether oxygens (including phenoxy) is 4. The Morgan fingerprint density at radius 3 is 2.07 bits per heavy atom. The molecule has 0 radical (unpaired) electrons. The Labute approximate surface area is 172 Å². The molecule has 1 atom stereocenters. The fourth-order valence-corrected chi connectivity index (χ4v) is 5.01. The molecule has 0 aliphatic carbocycles. The molecule has 3 rings (SSSR count). The molecule has 0 spiro atoms. The minimum absolute atomic E-state index is 0.0272. The van der Waals surface area contributed by atoms with Crippen molar-refractivity contribution in [2.24, 2.45) is 0 Å². The van der Waals surface area contributed by atoms with Crippen molar-refractivity contribution in [3.63, 3.8) is 0 Å². The summed E-state index contributed by atoms with van der Waals surface area (Å²) in [6.07, 6.45) is 0.596. The lowest BCUT2D eigenvalue weighted by atomic mass is 9.89. The Morgan fingerprint density at radius 1 is 0.897 bits per heavy atom. The molecule has 0 fully saturated rings. The third-order valence-electron chi connectivity index (χ3n) is 5.27. The van der Waals surface area contributed by atoms with E-state index in [0.717, 1.165) is 16.7 Å². The lowest BCUT2D eigenvalue weighted by Gasteiger charge is -2.37. The zero-order valence-electron chi connectivity index (χ0n) is 17.4. The molecule has 0 aromatic heterocycles. The monoisotopic (exact) mass is 421 g/mol. The van der Waals surface area contributed by atoms with Gasteiger partial charge in [0.2, 0.25) is 10.0 Å². The van der Waals surface area contributed by atoms with Gasteiger partial charge in [-0.1, -0.05) is 6.07 Å². The van der Waals surface area contributed by atoms with Crippen LogP contribution in [0.4, 0.5) is 0 Å². The van der Waals surface area contributed by atoms with Gasteiger partial charge in [0.05, 0.1) is 40.2 Å². The van der Waals surface area contributed by atoms with Crippen LogP contribution in [0.1, 0.15) is 29.7 Å². The van der Waals surface area contributed by atoms with Gasteiger partial charge in [-0.25, -0.2) is 8.42 Å². The summed E-state index contributed by atoms with van der Waals surface area (Å²) in [4.78, 5) is 0. The topological polar surface area (TPSA) is 74.3 Å². The van der Waals surface area contributed by atoms with Crippen molar-refractivity contribution in [2.45, 2.75) is 19.4 Å². The second kappa shape index (κ2) is 8.51. The second-order valence-corrected chi connectivity index (χ2v) is 8.89. The highest BCUT2D eigenvalue weighted by Crippen LogP contribution is 2.43. The molecule has 0 bridgehead atoms. The van der Waals surface area contributed by atoms with Gasteiger partial charge in [-0.2, -0.15) is 4.31 Å². The SMILES string of the molecule is CCS(=O)(=O)N1CCc2cc(OC)c(OC)cc2C1c1ccc(OC)c(OC)c1. The first kappa shape index (κ1) is 21.3. The largest absolute Gasteiger partial charge is 0.493 e. The van der Waals surface area contributed by atoms with Crippen molar-refractivity contribution < 1.29 is 27.4 Å². The lowest BCUT2D eigenvalue weighted by molar-refractivity contribution is 0.329. The summed E-state index contributed by atoms with van der Waals surface area (Å²) in [6, 6.07) is 8.79. The van der Waals surface area contributed by atoms with Crippen LogP contribution < -0.4 is 18.9 Å². The molecule has 2 aromatic carbocycles. The number of rotatable bonds is 7. The fourth-order valence-electron chi connectivity index (χ4n) is 3.76. The van der Waals surface area contributed by atoms with E-state index in [4.69, 9.17) is 18.9 Å². The van der Waals surface area contributed by atoms with Crippen LogP contribution in [0.5, 0.6) is 23.0 Å². The number of fused-ring (bicyclic) bond motifs is 1. The van der Waals surface area contributed by atoms with Crippen molar-refractivity contribution >= 4 is 10.0 Å². The Morgan fingerprint density at radius 2 is 1.48 bits per heavy atom. The molecule has 1 aliphatic rings. The minimum Gasteiger partial charge on any atom is -0.493 e. The molecule has 7 nitrogen and oxygen atoms in total. The second-order valence-electron chi connectivity index (χ2n) is 6.68. The summed E-state index contributed by atoms with van der Waals surface area (Å²) < 4.78 is 49.1. The highest BCUT2D eigenvalue weighted by molar-refractivity contribution is 7.89. The van der Waals surface area contributed by atoms with E-state index in [2.05, 4.69) is 0 Å². The Hall–Kier alpha value is -2.45. The fraction of sp³-hybridized carbons (Fsp3) is 0.429. The molecule has 1 unspecified atom stereocenters. The van der Waals surface area contributed by atoms with Crippen molar-refractivity contribution in [1.82, 2.24) is 4.31 Å². The maximum absolute atomic E-state index is 12.9. The average molecular weight is 422 g/mol. The highest BCUT2D eigenvalue weighted by Gasteiger charge is 2.37. The number of hydrogen-bond donors (Lipinski definition) is 0. The number of hydrogen-bond acceptors (Lipinski definition) is 6. The zero-order chi connectivity index (χ0) is 21.2. The minimum atomic E-state index is -3.44. The van der Waals surface area contributed by atoms with Gasteiger partial charge in [0.25, 0.3) is 0 Å². The van der Waals surface area contributed by atoms with Gasteiger partial charge in [0.15, 0.2) is 23.0 Å². The molecule has 2 aromatic rings. The molecule has 1 aliphatic heterocycles. The quantitative estimate of drug-likeness (QED) is 0.684. The van der Waals surface area contributed by atoms with Crippen molar-refractivity contribution in [2.75, 3.05) is 40.7 Å². The number of benzene rings is 2. The molecule has 158 valence electrons. The zero-order valence-corrected chi connectivity index (χ0v) is 18.2. The van der Waals surface area contributed by atoms with E-state index in [0.29, 0.717) is 36.0 Å². The highest BCUT2D eigenvalue weighted by atomic mass is 32.2. The van der Waals surface area contributed by atoms with Crippen LogP contribution in [0.3, 0.4) is 0 Å². The van der Waals surface area contributed by atoms with E-state index in [1.165, 1.54) is 0 Å². The molecular weight excluding hydrogens is 394 g/mol. The summed E-state index contributed by atoms with van der Waals surface area (Å²) in [5.74, 6) is 2.35. The maximum Gasteiger partial charge on any atom is 0.214 e. The Kier molecular flexibility index (Phi) is 6.24. The first-order valence-electron chi connectivity index (χ1n) is 9.36. The Bertz CT molecular complexity index is 989. The number of methoxy groups -OCH3 is 4. The van der Waals surface area contributed by atoms with Gasteiger partial charge in [-0.3, -0.25) is 0 Å². The van der Waals surface area contributed by atoms with E-state index in [9.17, 15) is 8.42 Å². The standard InChI is InChI=1S/C21H27NO6S/c1-6-29(23,24)22-10-9-14-11-19(27-4)20(28-5)13-16(14)21(22)15-7-8-17(25-2)18(12-15)26-3/h7-8,11-13,21H,6,9-10H2,1-5H3. The van der Waals surface area contributed by atoms with Crippen molar-refractivity contribution in [3.05, 3.63) is 47.0 Å². The third-order valence-corrected chi connectivity index (χ3v) is 7.11. The van der Waals surface area contributed by atoms with E-state index in [-0.39, 0.29) is 5.75 Å². The van der Waals surface area contributed by atoms with E-state index >= 15 is 0 Å². The molecule has 0 saturated carbocycles. The van der Waals surface area contributed by atoms with Crippen LogP contribution in [0.25, 0.3) is 0 Å². The normalized spacial score (nSPS) is 16.8. The predicted octanol–water partition coefficient (Wildman–Crippen LogP) is 3.02. The molecule has 29 heavy (non-hydrogen) atoms. The molecular formula is C21H27NO6S. The lowest BCUT2D eigenvalue weighted by Crippen LogP contribution is -2.41. The Balaban J connectivity index is 2.24. The summed E-state index contributed by atoms with van der Waals surface area (Å²) in [5.41, 5.74) is 2.70. The van der Waals surface area contributed by atoms with Crippen LogP contribution in [-0.4, -0.2) is 53.5 Å². The average Bonchev–Trinajstić information content (AvgIpc) is 2.76. The molecule has 8 heteroatoms. The van der Waals surface area contributed by atoms with E-state index < -0.39 is 16.1 Å². The van der Waals surface area contributed by atoms with Gasteiger partial charge in [0, 0.05) is 6.54 Å². The summed E-state index contributed by atoms with van der Waals surface area (Å²) in [6.45, 7) is 2.04. The van der Waals surface area contributed by atoms with Crippen molar-refractivity contribution in [1.29, 1.82) is 0 Å². The first-order chi connectivity index (χ1) is 13.9. The summed E-state index contributed by atoms with van der Waals surface area (Å²) in [5, 5.41) is 0. The molecule has 0 amide bonds. The van der Waals surface area contributed by atoms with E-state index in [1.807, 2.05) is 24.3 Å². The smallest absolute Gasteiger partial charge is 0.214 e. The van der Waals surface area contributed by atoms with Crippen LogP contribution >= 0.6 is 0 Å². The molecule has 0 saturated heterocycles. The van der Waals surface area contributed by atoms with Gasteiger partial charge in [0.1, 0.15) is 0 Å². The molecule has 1 heterocycles. The van der Waals surface area contributed by atoms with Crippen molar-refractivity contribution in [3.8, 4) is 23.0 Å². The number of nitrogens with zero attached hydrogens (tertiary/aromatic N) is 1. The van der Waals surface area contributed by atoms with Crippen LogP contribution in [0.2, 0.25) is 0 Å². The van der Waals surface area contributed by atoms with Crippen LogP contribution in [0.15, 0.2) is 30.3 Å². The van der Waals surface area contributed by atoms with Crippen LogP contribution in [0, 0.1) is 0 Å². The maximum atomic E-state index is 12.9. The number of sulfonamides is 1. The van der Waals surface area contributed by atoms with Gasteiger partial charge >= 0.3 is 0 Å². The van der Waals surface area contributed by atoms with Crippen LogP contribution in [-0.2, 0) is 16.4 Å². The van der Waals surface area contributed by atoms with E-state index in [1.54, 1.807) is 45.7 Å². The summed E-state index contributed by atoms with van der Waals surface area (Å²) in [7, 11) is 2.84. The summed E-state index contributed by atoms with van der Waals surface area (Å²) >= 11 is 0. The van der Waals surface area contributed by atoms with Gasteiger partial charge < -0.3 is 18.9 Å². The predicted molar refractivity (Wildman–Crippen MR) is 111 cm³/mol. The van der Waals surface area contributed by atoms with Gasteiger partial charge in [-0.05, 0) is 54.3 Å². The third kappa shape index (κ3) is 3.86. The molecule has 0 N–H and O–H groups in total. The first-order valence-corrected chi connectivity index (χ1v) is 11.0. The van der Waals surface area contributed by atoms with Gasteiger partial charge in [-0.15, -0.1) is 0 Å².